The Balaban J connectivity index is 1.17. The van der Waals surface area contributed by atoms with Gasteiger partial charge in [0.25, 0.3) is 5.91 Å². The van der Waals surface area contributed by atoms with Crippen molar-refractivity contribution in [1.82, 2.24) is 5.32 Å². The van der Waals surface area contributed by atoms with Gasteiger partial charge >= 0.3 is 5.97 Å². The third-order valence-electron chi connectivity index (χ3n) is 4.50. The standard InChI is InChI=1S/C22H21NO7/c24-21(23-8-7-16-2-4-17-19(12-16)27-10-9-26-17)13-28-22(25)6-3-15-1-5-18-20(11-15)30-14-29-18/h1-6,11-12H,7-10,13-14H2,(H,23,24)/b6-3+. The maximum atomic E-state index is 11.9. The van der Waals surface area contributed by atoms with Gasteiger partial charge in [0.05, 0.1) is 0 Å². The van der Waals surface area contributed by atoms with Gasteiger partial charge in [0, 0.05) is 12.6 Å². The zero-order valence-electron chi connectivity index (χ0n) is 16.2. The third-order valence-corrected chi connectivity index (χ3v) is 4.50. The van der Waals surface area contributed by atoms with Crippen molar-refractivity contribution in [2.45, 2.75) is 6.42 Å². The average molecular weight is 411 g/mol. The Kier molecular flexibility index (Phi) is 6.03. The van der Waals surface area contributed by atoms with E-state index in [9.17, 15) is 9.59 Å². The Bertz CT molecular complexity index is 970. The van der Waals surface area contributed by atoms with Crippen LogP contribution in [0.5, 0.6) is 23.0 Å². The van der Waals surface area contributed by atoms with Crippen molar-refractivity contribution in [1.29, 1.82) is 0 Å². The van der Waals surface area contributed by atoms with Crippen LogP contribution in [0.1, 0.15) is 11.1 Å². The molecule has 0 radical (unpaired) electrons. The minimum absolute atomic E-state index is 0.189. The molecule has 0 atom stereocenters. The zero-order chi connectivity index (χ0) is 20.8. The molecule has 1 N–H and O–H groups in total. The van der Waals surface area contributed by atoms with Crippen molar-refractivity contribution < 1.29 is 33.3 Å². The molecule has 0 aromatic heterocycles. The van der Waals surface area contributed by atoms with Crippen LogP contribution < -0.4 is 24.3 Å². The highest BCUT2D eigenvalue weighted by molar-refractivity contribution is 5.89. The molecule has 156 valence electrons. The lowest BCUT2D eigenvalue weighted by atomic mass is 10.1. The normalized spacial score (nSPS) is 13.9. The molecule has 8 nitrogen and oxygen atoms in total. The number of ether oxygens (including phenoxy) is 5. The van der Waals surface area contributed by atoms with Gasteiger partial charge in [0.2, 0.25) is 6.79 Å². The molecule has 2 aliphatic heterocycles. The quantitative estimate of drug-likeness (QED) is 0.551. The molecule has 0 unspecified atom stereocenters. The number of fused-ring (bicyclic) bond motifs is 2. The first-order valence-corrected chi connectivity index (χ1v) is 9.57. The summed E-state index contributed by atoms with van der Waals surface area (Å²) in [4.78, 5) is 23.7. The van der Waals surface area contributed by atoms with E-state index in [-0.39, 0.29) is 19.3 Å². The van der Waals surface area contributed by atoms with E-state index in [4.69, 9.17) is 23.7 Å². The second kappa shape index (κ2) is 9.21. The van der Waals surface area contributed by atoms with Crippen LogP contribution in [0.3, 0.4) is 0 Å². The molecular formula is C22H21NO7. The van der Waals surface area contributed by atoms with Gasteiger partial charge in [-0.05, 0) is 47.9 Å². The molecule has 0 bridgehead atoms. The van der Waals surface area contributed by atoms with E-state index in [1.807, 2.05) is 18.2 Å². The molecule has 4 rings (SSSR count). The SMILES string of the molecule is O=C(COC(=O)/C=C/c1ccc2c(c1)OCO2)NCCc1ccc2c(c1)OCCO2. The largest absolute Gasteiger partial charge is 0.486 e. The zero-order valence-corrected chi connectivity index (χ0v) is 16.2. The molecule has 8 heteroatoms. The fourth-order valence-electron chi connectivity index (χ4n) is 3.01. The number of hydrogen-bond donors (Lipinski definition) is 1. The van der Waals surface area contributed by atoms with Crippen molar-refractivity contribution in [2.75, 3.05) is 33.2 Å². The summed E-state index contributed by atoms with van der Waals surface area (Å²) in [5.41, 5.74) is 1.78. The fraction of sp³-hybridized carbons (Fsp3) is 0.273. The first-order valence-electron chi connectivity index (χ1n) is 9.57. The van der Waals surface area contributed by atoms with Crippen LogP contribution in [0, 0.1) is 0 Å². The maximum absolute atomic E-state index is 11.9. The molecule has 0 saturated carbocycles. The number of esters is 1. The number of carbonyl (C=O) groups is 2. The van der Waals surface area contributed by atoms with Crippen LogP contribution in [-0.2, 0) is 20.7 Å². The smallest absolute Gasteiger partial charge is 0.331 e. The molecule has 0 aliphatic carbocycles. The lowest BCUT2D eigenvalue weighted by molar-refractivity contribution is -0.143. The molecule has 0 fully saturated rings. The Hall–Kier alpha value is -3.68. The van der Waals surface area contributed by atoms with E-state index in [2.05, 4.69) is 5.32 Å². The van der Waals surface area contributed by atoms with Gasteiger partial charge in [0.1, 0.15) is 13.2 Å². The topological polar surface area (TPSA) is 92.3 Å². The van der Waals surface area contributed by atoms with Gasteiger partial charge in [-0.25, -0.2) is 4.79 Å². The lowest BCUT2D eigenvalue weighted by Crippen LogP contribution is -2.30. The summed E-state index contributed by atoms with van der Waals surface area (Å²) in [6.07, 6.45) is 3.48. The Morgan fingerprint density at radius 3 is 2.57 bits per heavy atom. The summed E-state index contributed by atoms with van der Waals surface area (Å²) in [7, 11) is 0. The molecule has 1 amide bonds. The molecule has 2 aliphatic rings. The predicted octanol–water partition coefficient (Wildman–Crippen LogP) is 2.10. The van der Waals surface area contributed by atoms with Crippen LogP contribution >= 0.6 is 0 Å². The van der Waals surface area contributed by atoms with Crippen molar-refractivity contribution in [3.8, 4) is 23.0 Å². The van der Waals surface area contributed by atoms with E-state index in [1.54, 1.807) is 24.3 Å². The molecule has 0 spiro atoms. The van der Waals surface area contributed by atoms with Crippen molar-refractivity contribution in [3.63, 3.8) is 0 Å². The Labute approximate surface area is 173 Å². The van der Waals surface area contributed by atoms with Gasteiger partial charge in [0.15, 0.2) is 29.6 Å². The number of rotatable bonds is 7. The van der Waals surface area contributed by atoms with Gasteiger partial charge in [-0.1, -0.05) is 12.1 Å². The van der Waals surface area contributed by atoms with Gasteiger partial charge in [-0.15, -0.1) is 0 Å². The number of amides is 1. The highest BCUT2D eigenvalue weighted by Crippen LogP contribution is 2.33. The summed E-state index contributed by atoms with van der Waals surface area (Å²) in [6, 6.07) is 11.0. The maximum Gasteiger partial charge on any atom is 0.331 e. The summed E-state index contributed by atoms with van der Waals surface area (Å²) in [6.45, 7) is 1.34. The molecular weight excluding hydrogens is 390 g/mol. The second-order valence-electron chi connectivity index (χ2n) is 6.63. The summed E-state index contributed by atoms with van der Waals surface area (Å²) >= 11 is 0. The van der Waals surface area contributed by atoms with Crippen molar-refractivity contribution in [2.24, 2.45) is 0 Å². The van der Waals surface area contributed by atoms with Crippen LogP contribution in [0.2, 0.25) is 0 Å². The van der Waals surface area contributed by atoms with Gasteiger partial charge in [-0.3, -0.25) is 4.79 Å². The first kappa shape index (κ1) is 19.6. The van der Waals surface area contributed by atoms with Crippen LogP contribution in [0.15, 0.2) is 42.5 Å². The van der Waals surface area contributed by atoms with E-state index in [0.29, 0.717) is 43.4 Å². The summed E-state index contributed by atoms with van der Waals surface area (Å²) in [5, 5.41) is 2.73. The van der Waals surface area contributed by atoms with Crippen molar-refractivity contribution >= 4 is 18.0 Å². The van der Waals surface area contributed by atoms with Gasteiger partial charge < -0.3 is 29.0 Å². The fourth-order valence-corrected chi connectivity index (χ4v) is 3.01. The summed E-state index contributed by atoms with van der Waals surface area (Å²) < 4.78 is 26.5. The lowest BCUT2D eigenvalue weighted by Gasteiger charge is -2.18. The molecule has 0 saturated heterocycles. The minimum Gasteiger partial charge on any atom is -0.486 e. The minimum atomic E-state index is -0.602. The van der Waals surface area contributed by atoms with Crippen LogP contribution in [0.25, 0.3) is 6.08 Å². The Morgan fingerprint density at radius 2 is 1.67 bits per heavy atom. The average Bonchev–Trinajstić information content (AvgIpc) is 3.24. The van der Waals surface area contributed by atoms with E-state index in [1.165, 1.54) is 6.08 Å². The monoisotopic (exact) mass is 411 g/mol. The highest BCUT2D eigenvalue weighted by atomic mass is 16.7. The van der Waals surface area contributed by atoms with Crippen LogP contribution in [-0.4, -0.2) is 45.0 Å². The van der Waals surface area contributed by atoms with E-state index >= 15 is 0 Å². The first-order chi connectivity index (χ1) is 14.7. The van der Waals surface area contributed by atoms with Crippen molar-refractivity contribution in [3.05, 3.63) is 53.6 Å². The summed E-state index contributed by atoms with van der Waals surface area (Å²) in [5.74, 6) is 1.78. The highest BCUT2D eigenvalue weighted by Gasteiger charge is 2.13. The second-order valence-corrected chi connectivity index (χ2v) is 6.63. The molecule has 2 aromatic rings. The molecule has 30 heavy (non-hydrogen) atoms. The number of nitrogens with one attached hydrogen (secondary N) is 1. The van der Waals surface area contributed by atoms with E-state index < -0.39 is 5.97 Å². The molecule has 2 aromatic carbocycles. The number of benzene rings is 2. The number of carbonyl (C=O) groups excluding carboxylic acids is 2. The molecule has 2 heterocycles. The Morgan fingerprint density at radius 1 is 0.933 bits per heavy atom. The third kappa shape index (κ3) is 5.02. The van der Waals surface area contributed by atoms with E-state index in [0.717, 1.165) is 16.9 Å². The predicted molar refractivity (Wildman–Crippen MR) is 107 cm³/mol. The van der Waals surface area contributed by atoms with Gasteiger partial charge in [-0.2, -0.15) is 0 Å². The van der Waals surface area contributed by atoms with Crippen LogP contribution in [0.4, 0.5) is 0 Å². The number of hydrogen-bond acceptors (Lipinski definition) is 7.